The van der Waals surface area contributed by atoms with Gasteiger partial charge in [-0.2, -0.15) is 0 Å². The molecule has 0 amide bonds. The largest absolute Gasteiger partial charge is 0.374 e. The topological polar surface area (TPSA) is 30.5 Å². The highest BCUT2D eigenvalue weighted by atomic mass is 16.5. The lowest BCUT2D eigenvalue weighted by molar-refractivity contribution is -0.0716. The molecule has 3 heteroatoms. The van der Waals surface area contributed by atoms with Crippen molar-refractivity contribution in [2.45, 2.75) is 25.7 Å². The average molecular weight is 221 g/mol. The first-order chi connectivity index (χ1) is 7.84. The summed E-state index contributed by atoms with van der Waals surface area (Å²) in [5.74, 6) is 0. The van der Waals surface area contributed by atoms with Gasteiger partial charge in [0.1, 0.15) is 0 Å². The number of hydrogen-bond donors (Lipinski definition) is 1. The van der Waals surface area contributed by atoms with Crippen molar-refractivity contribution in [3.8, 4) is 0 Å². The molecule has 1 aromatic carbocycles. The highest BCUT2D eigenvalue weighted by Gasteiger charge is 2.18. The molecular formula is C13H19NO2. The van der Waals surface area contributed by atoms with Crippen LogP contribution in [0.4, 0.5) is 0 Å². The first kappa shape index (κ1) is 11.6. The van der Waals surface area contributed by atoms with Crippen LogP contribution in [0.3, 0.4) is 0 Å². The Morgan fingerprint density at radius 2 is 2.12 bits per heavy atom. The monoisotopic (exact) mass is 221 g/mol. The Balaban J connectivity index is 1.68. The molecule has 3 nitrogen and oxygen atoms in total. The van der Waals surface area contributed by atoms with E-state index in [0.717, 1.165) is 13.1 Å². The lowest BCUT2D eigenvalue weighted by atomic mass is 10.2. The number of ether oxygens (including phenoxy) is 2. The van der Waals surface area contributed by atoms with Crippen molar-refractivity contribution in [2.75, 3.05) is 19.7 Å². The van der Waals surface area contributed by atoms with Crippen molar-refractivity contribution < 1.29 is 9.47 Å². The third-order valence-corrected chi connectivity index (χ3v) is 2.64. The van der Waals surface area contributed by atoms with Crippen molar-refractivity contribution in [1.82, 2.24) is 5.32 Å². The molecule has 0 spiro atoms. The normalized spacial score (nSPS) is 25.6. The van der Waals surface area contributed by atoms with Gasteiger partial charge in [0.15, 0.2) is 0 Å². The first-order valence-corrected chi connectivity index (χ1v) is 5.82. The van der Waals surface area contributed by atoms with E-state index in [1.807, 2.05) is 18.2 Å². The molecule has 1 aliphatic heterocycles. The van der Waals surface area contributed by atoms with Gasteiger partial charge < -0.3 is 14.8 Å². The Hall–Kier alpha value is -0.900. The Morgan fingerprint density at radius 1 is 1.31 bits per heavy atom. The van der Waals surface area contributed by atoms with E-state index in [9.17, 15) is 0 Å². The summed E-state index contributed by atoms with van der Waals surface area (Å²) in [5, 5.41) is 3.33. The third kappa shape index (κ3) is 3.59. The molecule has 1 aromatic rings. The summed E-state index contributed by atoms with van der Waals surface area (Å²) < 4.78 is 11.4. The summed E-state index contributed by atoms with van der Waals surface area (Å²) in [5.41, 5.74) is 1.21. The maximum atomic E-state index is 5.74. The molecule has 2 unspecified atom stereocenters. The van der Waals surface area contributed by atoms with E-state index < -0.39 is 0 Å². The fraction of sp³-hybridized carbons (Fsp3) is 0.538. The number of morpholine rings is 1. The quantitative estimate of drug-likeness (QED) is 0.837. The van der Waals surface area contributed by atoms with Gasteiger partial charge in [-0.15, -0.1) is 0 Å². The summed E-state index contributed by atoms with van der Waals surface area (Å²) in [6, 6.07) is 10.2. The number of hydrogen-bond acceptors (Lipinski definition) is 3. The molecule has 1 saturated heterocycles. The molecule has 16 heavy (non-hydrogen) atoms. The zero-order valence-corrected chi connectivity index (χ0v) is 9.69. The maximum absolute atomic E-state index is 5.74. The molecule has 88 valence electrons. The van der Waals surface area contributed by atoms with Crippen LogP contribution < -0.4 is 5.32 Å². The molecule has 2 rings (SSSR count). The van der Waals surface area contributed by atoms with Crippen LogP contribution in [0.5, 0.6) is 0 Å². The predicted octanol–water partition coefficient (Wildman–Crippen LogP) is 1.58. The van der Waals surface area contributed by atoms with Gasteiger partial charge in [0, 0.05) is 13.1 Å². The number of benzene rings is 1. The van der Waals surface area contributed by atoms with Gasteiger partial charge in [-0.25, -0.2) is 0 Å². The van der Waals surface area contributed by atoms with Crippen LogP contribution in [0.15, 0.2) is 30.3 Å². The van der Waals surface area contributed by atoms with E-state index in [2.05, 4.69) is 24.4 Å². The van der Waals surface area contributed by atoms with Gasteiger partial charge in [-0.1, -0.05) is 30.3 Å². The van der Waals surface area contributed by atoms with Crippen LogP contribution in [0.1, 0.15) is 12.5 Å². The highest BCUT2D eigenvalue weighted by molar-refractivity contribution is 5.13. The van der Waals surface area contributed by atoms with Gasteiger partial charge in [-0.3, -0.25) is 0 Å². The summed E-state index contributed by atoms with van der Waals surface area (Å²) >= 11 is 0. The Kier molecular flexibility index (Phi) is 4.34. The molecule has 0 bridgehead atoms. The van der Waals surface area contributed by atoms with Crippen LogP contribution in [0.25, 0.3) is 0 Å². The highest BCUT2D eigenvalue weighted by Crippen LogP contribution is 2.06. The molecule has 1 fully saturated rings. The minimum Gasteiger partial charge on any atom is -0.374 e. The second-order valence-electron chi connectivity index (χ2n) is 4.23. The fourth-order valence-electron chi connectivity index (χ4n) is 1.85. The lowest BCUT2D eigenvalue weighted by Crippen LogP contribution is -2.45. The van der Waals surface area contributed by atoms with Crippen molar-refractivity contribution in [3.05, 3.63) is 35.9 Å². The van der Waals surface area contributed by atoms with Crippen LogP contribution in [-0.2, 0) is 16.1 Å². The molecule has 0 saturated carbocycles. The van der Waals surface area contributed by atoms with Crippen molar-refractivity contribution in [1.29, 1.82) is 0 Å². The number of rotatable bonds is 4. The van der Waals surface area contributed by atoms with Crippen molar-refractivity contribution >= 4 is 0 Å². The second kappa shape index (κ2) is 5.99. The zero-order valence-electron chi connectivity index (χ0n) is 9.69. The zero-order chi connectivity index (χ0) is 11.2. The Morgan fingerprint density at radius 3 is 2.88 bits per heavy atom. The molecule has 2 atom stereocenters. The molecule has 1 heterocycles. The van der Waals surface area contributed by atoms with Crippen LogP contribution in [-0.4, -0.2) is 31.9 Å². The van der Waals surface area contributed by atoms with E-state index in [4.69, 9.17) is 9.47 Å². The van der Waals surface area contributed by atoms with E-state index >= 15 is 0 Å². The Labute approximate surface area is 96.8 Å². The van der Waals surface area contributed by atoms with Gasteiger partial charge in [0.25, 0.3) is 0 Å². The molecule has 1 N–H and O–H groups in total. The summed E-state index contributed by atoms with van der Waals surface area (Å²) in [4.78, 5) is 0. The lowest BCUT2D eigenvalue weighted by Gasteiger charge is -2.28. The first-order valence-electron chi connectivity index (χ1n) is 5.82. The summed E-state index contributed by atoms with van der Waals surface area (Å²) in [6.45, 7) is 5.23. The molecule has 0 aromatic heterocycles. The van der Waals surface area contributed by atoms with Crippen molar-refractivity contribution in [2.24, 2.45) is 0 Å². The molecule has 0 radical (unpaired) electrons. The average Bonchev–Trinajstić information content (AvgIpc) is 2.30. The Bertz CT molecular complexity index is 302. The predicted molar refractivity (Wildman–Crippen MR) is 63.3 cm³/mol. The van der Waals surface area contributed by atoms with Gasteiger partial charge >= 0.3 is 0 Å². The van der Waals surface area contributed by atoms with Gasteiger partial charge in [0.2, 0.25) is 0 Å². The van der Waals surface area contributed by atoms with Gasteiger partial charge in [0.05, 0.1) is 25.4 Å². The molecule has 0 aliphatic carbocycles. The van der Waals surface area contributed by atoms with Gasteiger partial charge in [-0.05, 0) is 12.5 Å². The summed E-state index contributed by atoms with van der Waals surface area (Å²) in [6.07, 6.45) is 0.478. The van der Waals surface area contributed by atoms with Crippen LogP contribution in [0.2, 0.25) is 0 Å². The maximum Gasteiger partial charge on any atom is 0.0936 e. The second-order valence-corrected chi connectivity index (χ2v) is 4.23. The smallest absolute Gasteiger partial charge is 0.0936 e. The van der Waals surface area contributed by atoms with Crippen molar-refractivity contribution in [3.63, 3.8) is 0 Å². The molecular weight excluding hydrogens is 202 g/mol. The van der Waals surface area contributed by atoms with Crippen LogP contribution in [0, 0.1) is 0 Å². The van der Waals surface area contributed by atoms with E-state index in [-0.39, 0.29) is 6.10 Å². The van der Waals surface area contributed by atoms with E-state index in [1.54, 1.807) is 0 Å². The molecule has 1 aliphatic rings. The minimum absolute atomic E-state index is 0.187. The van der Waals surface area contributed by atoms with E-state index in [1.165, 1.54) is 5.56 Å². The summed E-state index contributed by atoms with van der Waals surface area (Å²) in [7, 11) is 0. The standard InChI is InChI=1S/C13H19NO2/c1-11-7-14-8-13(16-11)10-15-9-12-5-3-2-4-6-12/h2-6,11,13-14H,7-10H2,1H3. The fourth-order valence-corrected chi connectivity index (χ4v) is 1.85. The van der Waals surface area contributed by atoms with E-state index in [0.29, 0.717) is 19.3 Å². The minimum atomic E-state index is 0.187. The third-order valence-electron chi connectivity index (χ3n) is 2.64. The SMILES string of the molecule is CC1CNCC(COCc2ccccc2)O1. The van der Waals surface area contributed by atoms with Crippen LogP contribution >= 0.6 is 0 Å². The number of nitrogens with one attached hydrogen (secondary N) is 1.